The van der Waals surface area contributed by atoms with Gasteiger partial charge in [-0.05, 0) is 118 Å². The lowest BCUT2D eigenvalue weighted by molar-refractivity contribution is -0.141. The van der Waals surface area contributed by atoms with E-state index < -0.39 is 186 Å². The first-order valence-corrected chi connectivity index (χ1v) is 43.0. The molecule has 5 aromatic carbocycles. The number of para-hydroxylation sites is 4. The van der Waals surface area contributed by atoms with Gasteiger partial charge in [0.15, 0.2) is 11.9 Å². The van der Waals surface area contributed by atoms with Crippen molar-refractivity contribution >= 4 is 138 Å². The SMILES string of the molecule is CC(=O)N[C@@H](CCCCNC(=O)c1c2ccccc2nc2ccccc12)C(=O)NCCC(=O)NCC(=O)N[C@@H](CCCNC(=N)N)C(=O)N(CC(=O)N[C@@H](CC1CCCCC1)C(=O)N[C@H](Cn1c(=O)[nH]c2ccccc2c1=O)C(=O)N[C@H](Cn1c(=O)[nH]c2ccccc2c1=O)C(=O)N[C@H](Cn1cc(C)c(=O)[nH]c1=O)C(=O)N[C@@H](CCCNC(=N)N)C(N)=O)Cc1cccc(Cl)c1. The minimum atomic E-state index is -2.24. The number of benzene rings is 5. The molecule has 1 fully saturated rings. The average molecular weight is 1830 g/mol. The van der Waals surface area contributed by atoms with E-state index in [2.05, 4.69) is 83.7 Å². The highest BCUT2D eigenvalue weighted by atomic mass is 35.5. The average Bonchev–Trinajstić information content (AvgIpc) is 0.769. The number of unbranched alkanes of at least 4 members (excludes halogenated alkanes) is 1. The Hall–Kier alpha value is -15.2. The van der Waals surface area contributed by atoms with Gasteiger partial charge in [0.2, 0.25) is 65.0 Å². The Morgan fingerprint density at radius 1 is 0.496 bits per heavy atom. The number of pyridine rings is 1. The Balaban J connectivity index is 0.884. The van der Waals surface area contributed by atoms with Crippen molar-refractivity contribution in [1.82, 2.24) is 102 Å². The summed E-state index contributed by atoms with van der Waals surface area (Å²) < 4.78 is 1.90. The number of nitrogens with one attached hydrogen (secondary N) is 17. The molecular weight excluding hydrogens is 1720 g/mol. The highest BCUT2D eigenvalue weighted by Crippen LogP contribution is 2.29. The van der Waals surface area contributed by atoms with Crippen LogP contribution in [0.3, 0.4) is 0 Å². The second kappa shape index (κ2) is 47.0. The van der Waals surface area contributed by atoms with E-state index in [0.717, 1.165) is 22.1 Å². The fraction of sp³-hybridized carbons (Fsp3) is 0.391. The van der Waals surface area contributed by atoms with Crippen LogP contribution in [0.15, 0.2) is 156 Å². The fourth-order valence-corrected chi connectivity index (χ4v) is 15.5. The monoisotopic (exact) mass is 1820 g/mol. The number of guanidine groups is 2. The van der Waals surface area contributed by atoms with Gasteiger partial charge >= 0.3 is 17.1 Å². The highest BCUT2D eigenvalue weighted by Gasteiger charge is 2.37. The van der Waals surface area contributed by atoms with Crippen LogP contribution in [-0.2, 0) is 78.9 Å². The van der Waals surface area contributed by atoms with E-state index >= 15 is 24.0 Å². The van der Waals surface area contributed by atoms with Crippen molar-refractivity contribution in [1.29, 1.82) is 10.8 Å². The Morgan fingerprint density at radius 2 is 1.00 bits per heavy atom. The number of nitrogens with two attached hydrogens (primary N) is 3. The number of carbonyl (C=O) groups is 12. The quantitative estimate of drug-likeness (QED) is 0.00871. The molecule has 12 amide bonds. The molecule has 1 saturated carbocycles. The Kier molecular flexibility index (Phi) is 35.2. The van der Waals surface area contributed by atoms with E-state index in [1.54, 1.807) is 18.2 Å². The summed E-state index contributed by atoms with van der Waals surface area (Å²) >= 11 is 6.48. The number of amides is 12. The number of primary amides is 1. The smallest absolute Gasteiger partial charge is 0.328 e. The summed E-state index contributed by atoms with van der Waals surface area (Å²) in [5.74, 6) is -12.4. The van der Waals surface area contributed by atoms with Crippen LogP contribution in [0.2, 0.25) is 5.02 Å². The van der Waals surface area contributed by atoms with Crippen molar-refractivity contribution < 1.29 is 57.5 Å². The van der Waals surface area contributed by atoms with Gasteiger partial charge in [0.1, 0.15) is 42.3 Å². The molecule has 23 N–H and O–H groups in total. The number of fused-ring (bicyclic) bond motifs is 4. The molecule has 4 aromatic heterocycles. The third kappa shape index (κ3) is 28.1. The van der Waals surface area contributed by atoms with Crippen LogP contribution in [0.5, 0.6) is 0 Å². The Morgan fingerprint density at radius 3 is 1.55 bits per heavy atom. The number of aromatic amines is 3. The molecule has 131 heavy (non-hydrogen) atoms. The number of aromatic nitrogens is 7. The first-order chi connectivity index (χ1) is 62.7. The van der Waals surface area contributed by atoms with Gasteiger partial charge in [0.25, 0.3) is 22.6 Å². The number of halogens is 1. The van der Waals surface area contributed by atoms with Crippen LogP contribution in [0.25, 0.3) is 43.6 Å². The normalized spacial score (nSPS) is 13.6. The van der Waals surface area contributed by atoms with Crippen LogP contribution in [0.4, 0.5) is 0 Å². The first-order valence-electron chi connectivity index (χ1n) is 42.6. The van der Waals surface area contributed by atoms with Crippen molar-refractivity contribution in [3.05, 3.63) is 212 Å². The molecule has 1 aliphatic carbocycles. The molecule has 694 valence electrons. The fourth-order valence-electron chi connectivity index (χ4n) is 15.3. The van der Waals surface area contributed by atoms with Crippen LogP contribution >= 0.6 is 11.6 Å². The first kappa shape index (κ1) is 98.0. The number of hydrogen-bond donors (Lipinski definition) is 20. The molecule has 0 spiro atoms. The zero-order chi connectivity index (χ0) is 94.5. The summed E-state index contributed by atoms with van der Waals surface area (Å²) in [6, 6.07) is 20.2. The number of H-pyrrole nitrogens is 3. The minimum absolute atomic E-state index is 0.00138. The lowest BCUT2D eigenvalue weighted by Crippen LogP contribution is -2.62. The largest absolute Gasteiger partial charge is 0.370 e. The zero-order valence-corrected chi connectivity index (χ0v) is 72.7. The highest BCUT2D eigenvalue weighted by molar-refractivity contribution is 6.30. The van der Waals surface area contributed by atoms with Gasteiger partial charge in [-0.15, -0.1) is 0 Å². The van der Waals surface area contributed by atoms with Gasteiger partial charge < -0.3 is 95.9 Å². The van der Waals surface area contributed by atoms with Crippen molar-refractivity contribution in [2.24, 2.45) is 23.1 Å². The predicted octanol–water partition coefficient (Wildman–Crippen LogP) is -1.75. The van der Waals surface area contributed by atoms with E-state index in [4.69, 9.17) is 39.6 Å². The second-order valence-electron chi connectivity index (χ2n) is 31.8. The van der Waals surface area contributed by atoms with Crippen molar-refractivity contribution in [2.75, 3.05) is 39.3 Å². The third-order valence-corrected chi connectivity index (χ3v) is 22.1. The van der Waals surface area contributed by atoms with E-state index in [9.17, 15) is 62.3 Å². The molecule has 7 atom stereocenters. The van der Waals surface area contributed by atoms with E-state index in [-0.39, 0.29) is 122 Å². The molecule has 0 saturated heterocycles. The van der Waals surface area contributed by atoms with Gasteiger partial charge in [0, 0.05) is 73.6 Å². The maximum atomic E-state index is 15.7. The molecule has 0 bridgehead atoms. The van der Waals surface area contributed by atoms with Gasteiger partial charge in [-0.3, -0.25) is 101 Å². The number of carbonyl (C=O) groups excluding carboxylic acids is 12. The predicted molar refractivity (Wildman–Crippen MR) is 485 cm³/mol. The summed E-state index contributed by atoms with van der Waals surface area (Å²) in [7, 11) is 0. The molecule has 0 aliphatic heterocycles. The van der Waals surface area contributed by atoms with E-state index in [1.165, 1.54) is 68.4 Å². The van der Waals surface area contributed by atoms with E-state index in [1.807, 2.05) is 48.5 Å². The standard InChI is InChI=1S/C87H106ClN25O18/c1-48-42-111(85(129)109-73(48)119)44-65(76(122)103-61(72(89)118)32-17-36-96-83(90)91)104-77(123)67(46-113-81(127)56-26-9-13-30-60(56)108-87(113)131)106-78(124)66(45-112-80(126)55-25-8-12-29-59(55)107-86(112)130)105-75(121)64(40-50-19-4-3-5-20-50)102-70(117)47-110(43-51-21-16-22-52(88)39-51)82(128)63(33-18-37-97-84(92)93)101-69(116)41-98-68(115)34-38-95-74(120)62(99-49(2)114)31-14-15-35-94-79(125)71-53-23-6-10-27-57(53)100-58-28-11-7-24-54(58)71/h6-13,16,21-30,39,42,50,61-67H,3-5,14-15,17-20,31-38,40-41,43-47H2,1-2H3,(H2,89,118)(H,94,125)(H,95,120)(H,98,115)(H,99,114)(H,101,116)(H,102,117)(H,103,122)(H,104,123)(H,105,121)(H,106,124)(H,107,130)(H,108,131)(H4,90,91,96)(H4,92,93,97)(H,109,119,129)/t61-,62-,63-,64-,65+,66+,67+/m0/s1. The van der Waals surface area contributed by atoms with Crippen LogP contribution < -0.4 is 115 Å². The van der Waals surface area contributed by atoms with Crippen molar-refractivity contribution in [3.8, 4) is 0 Å². The maximum Gasteiger partial charge on any atom is 0.328 e. The molecule has 43 nitrogen and oxygen atoms in total. The number of aryl methyl sites for hydroxylation is 1. The topological polar surface area (TPSA) is 656 Å². The lowest BCUT2D eigenvalue weighted by atomic mass is 9.84. The number of hydrogen-bond acceptors (Lipinski definition) is 21. The molecule has 1 aliphatic rings. The van der Waals surface area contributed by atoms with Gasteiger partial charge in [-0.2, -0.15) is 0 Å². The Bertz CT molecular complexity index is 6130. The molecule has 4 heterocycles. The van der Waals surface area contributed by atoms with Gasteiger partial charge in [-0.25, -0.2) is 19.4 Å². The minimum Gasteiger partial charge on any atom is -0.370 e. The second-order valence-corrected chi connectivity index (χ2v) is 32.2. The third-order valence-electron chi connectivity index (χ3n) is 21.9. The summed E-state index contributed by atoms with van der Waals surface area (Å²) in [6.45, 7) is -2.43. The van der Waals surface area contributed by atoms with Crippen LogP contribution in [0.1, 0.15) is 118 Å². The van der Waals surface area contributed by atoms with Gasteiger partial charge in [-0.1, -0.05) is 117 Å². The maximum absolute atomic E-state index is 15.7. The lowest BCUT2D eigenvalue weighted by Gasteiger charge is -2.31. The Labute approximate surface area is 751 Å². The molecule has 10 rings (SSSR count). The van der Waals surface area contributed by atoms with Crippen LogP contribution in [0, 0.1) is 23.7 Å². The summed E-state index contributed by atoms with van der Waals surface area (Å²) in [4.78, 5) is 268. The molecule has 0 radical (unpaired) electrons. The summed E-state index contributed by atoms with van der Waals surface area (Å²) in [6.07, 6.45) is 4.51. The van der Waals surface area contributed by atoms with E-state index in [0.29, 0.717) is 80.6 Å². The molecule has 44 heteroatoms. The number of nitrogens with zero attached hydrogens (tertiary/aromatic N) is 5. The summed E-state index contributed by atoms with van der Waals surface area (Å²) in [5, 5.41) is 47.7. The van der Waals surface area contributed by atoms with Gasteiger partial charge in [0.05, 0.1) is 71.1 Å². The van der Waals surface area contributed by atoms with Crippen molar-refractivity contribution in [3.63, 3.8) is 0 Å². The molecular formula is C87H106ClN25O18. The molecule has 0 unspecified atom stereocenters. The zero-order valence-electron chi connectivity index (χ0n) is 71.9. The summed E-state index contributed by atoms with van der Waals surface area (Å²) in [5.41, 5.74) is 12.7. The number of rotatable bonds is 45. The van der Waals surface area contributed by atoms with Crippen LogP contribution in [-0.4, -0.2) is 203 Å². The van der Waals surface area contributed by atoms with Crippen molar-refractivity contribution in [2.45, 2.75) is 172 Å². The molecule has 9 aromatic rings.